The maximum absolute atomic E-state index is 12.1. The van der Waals surface area contributed by atoms with E-state index in [0.29, 0.717) is 30.1 Å². The number of carbonyl (C=O) groups excluding carboxylic acids is 1. The third-order valence-electron chi connectivity index (χ3n) is 3.63. The van der Waals surface area contributed by atoms with Crippen molar-refractivity contribution >= 4 is 29.0 Å². The second-order valence-corrected chi connectivity index (χ2v) is 8.29. The number of aromatic nitrogens is 1. The minimum absolute atomic E-state index is 0.221. The summed E-state index contributed by atoms with van der Waals surface area (Å²) >= 11 is 7.73. The molecular weight excluding hydrogens is 308 g/mol. The van der Waals surface area contributed by atoms with Crippen molar-refractivity contribution in [1.29, 1.82) is 0 Å². The van der Waals surface area contributed by atoms with Crippen LogP contribution in [0.25, 0.3) is 0 Å². The Morgan fingerprint density at radius 3 is 2.62 bits per heavy atom. The van der Waals surface area contributed by atoms with Crippen LogP contribution in [-0.2, 0) is 4.74 Å². The van der Waals surface area contributed by atoms with Crippen molar-refractivity contribution in [3.63, 3.8) is 0 Å². The molecular formula is C15H23ClN2O2S. The first-order chi connectivity index (χ1) is 9.67. The lowest BCUT2D eigenvalue weighted by Gasteiger charge is -2.36. The van der Waals surface area contributed by atoms with Gasteiger partial charge in [-0.05, 0) is 40.0 Å². The van der Waals surface area contributed by atoms with Crippen LogP contribution >= 0.6 is 22.9 Å². The Morgan fingerprint density at radius 1 is 1.48 bits per heavy atom. The molecule has 2 rings (SSSR count). The first-order valence-corrected chi connectivity index (χ1v) is 8.47. The molecule has 0 N–H and O–H groups in total. The third-order valence-corrected chi connectivity index (χ3v) is 5.21. The number of hydrogen-bond donors (Lipinski definition) is 0. The molecule has 118 valence electrons. The molecule has 1 saturated heterocycles. The maximum Gasteiger partial charge on any atom is 0.410 e. The lowest BCUT2D eigenvalue weighted by atomic mass is 9.87. The average Bonchev–Trinajstić information content (AvgIpc) is 2.67. The van der Waals surface area contributed by atoms with E-state index in [9.17, 15) is 4.79 Å². The van der Waals surface area contributed by atoms with Crippen LogP contribution in [0.5, 0.6) is 0 Å². The molecule has 1 amide bonds. The molecule has 6 heteroatoms. The van der Waals surface area contributed by atoms with E-state index in [1.807, 2.05) is 27.7 Å². The number of piperidine rings is 1. The van der Waals surface area contributed by atoms with Gasteiger partial charge in [0.2, 0.25) is 0 Å². The Hall–Kier alpha value is -0.810. The fraction of sp³-hybridized carbons (Fsp3) is 0.733. The Bertz CT molecular complexity index is 505. The summed E-state index contributed by atoms with van der Waals surface area (Å²) < 4.78 is 5.44. The molecule has 1 aromatic heterocycles. The second kappa shape index (κ2) is 6.13. The topological polar surface area (TPSA) is 42.4 Å². The Kier molecular flexibility index (Phi) is 4.83. The zero-order valence-electron chi connectivity index (χ0n) is 13.3. The number of thiazole rings is 1. The molecule has 1 aliphatic heterocycles. The first-order valence-electron chi connectivity index (χ1n) is 7.28. The van der Waals surface area contributed by atoms with E-state index in [2.05, 4.69) is 11.9 Å². The minimum Gasteiger partial charge on any atom is -0.444 e. The zero-order valence-corrected chi connectivity index (χ0v) is 14.8. The number of amides is 1. The SMILES string of the molecule is Cc1sc(C2CCN(C(=O)OC(C)(C)C)CC2C)nc1Cl. The van der Waals surface area contributed by atoms with Gasteiger partial charge in [0.05, 0.1) is 5.01 Å². The molecule has 1 aliphatic rings. The van der Waals surface area contributed by atoms with Gasteiger partial charge in [0.15, 0.2) is 0 Å². The van der Waals surface area contributed by atoms with Gasteiger partial charge in [-0.1, -0.05) is 18.5 Å². The quantitative estimate of drug-likeness (QED) is 0.763. The summed E-state index contributed by atoms with van der Waals surface area (Å²) in [5.41, 5.74) is -0.447. The van der Waals surface area contributed by atoms with Gasteiger partial charge in [-0.25, -0.2) is 9.78 Å². The minimum atomic E-state index is -0.447. The first kappa shape index (κ1) is 16.6. The monoisotopic (exact) mass is 330 g/mol. The summed E-state index contributed by atoms with van der Waals surface area (Å²) in [5, 5.41) is 1.70. The van der Waals surface area contributed by atoms with E-state index in [0.717, 1.165) is 16.3 Å². The molecule has 1 aromatic rings. The van der Waals surface area contributed by atoms with Crippen LogP contribution in [-0.4, -0.2) is 34.7 Å². The molecule has 2 heterocycles. The van der Waals surface area contributed by atoms with Crippen molar-refractivity contribution in [2.75, 3.05) is 13.1 Å². The van der Waals surface area contributed by atoms with Crippen LogP contribution in [0.2, 0.25) is 5.15 Å². The molecule has 0 spiro atoms. The molecule has 2 unspecified atom stereocenters. The Labute approximate surface area is 135 Å². The highest BCUT2D eigenvalue weighted by atomic mass is 35.5. The molecule has 0 aliphatic carbocycles. The van der Waals surface area contributed by atoms with Gasteiger partial charge in [0.25, 0.3) is 0 Å². The summed E-state index contributed by atoms with van der Waals surface area (Å²) in [7, 11) is 0. The highest BCUT2D eigenvalue weighted by molar-refractivity contribution is 7.12. The van der Waals surface area contributed by atoms with E-state index in [1.54, 1.807) is 16.2 Å². The molecule has 4 nitrogen and oxygen atoms in total. The zero-order chi connectivity index (χ0) is 15.8. The molecule has 0 saturated carbocycles. The van der Waals surface area contributed by atoms with Crippen LogP contribution in [0.1, 0.15) is 49.9 Å². The molecule has 0 radical (unpaired) electrons. The maximum atomic E-state index is 12.1. The summed E-state index contributed by atoms with van der Waals surface area (Å²) in [4.78, 5) is 19.5. The van der Waals surface area contributed by atoms with Gasteiger partial charge in [-0.15, -0.1) is 11.3 Å². The van der Waals surface area contributed by atoms with E-state index in [1.165, 1.54) is 0 Å². The normalized spacial score (nSPS) is 23.2. The molecule has 0 aromatic carbocycles. The van der Waals surface area contributed by atoms with Gasteiger partial charge in [-0.3, -0.25) is 0 Å². The molecule has 1 fully saturated rings. The van der Waals surface area contributed by atoms with Crippen LogP contribution in [0.4, 0.5) is 4.79 Å². The smallest absolute Gasteiger partial charge is 0.410 e. The van der Waals surface area contributed by atoms with Gasteiger partial charge in [0, 0.05) is 23.9 Å². The van der Waals surface area contributed by atoms with Gasteiger partial charge in [0.1, 0.15) is 10.8 Å². The predicted octanol–water partition coefficient (Wildman–Crippen LogP) is 4.47. The van der Waals surface area contributed by atoms with Crippen molar-refractivity contribution in [2.45, 2.75) is 52.6 Å². The van der Waals surface area contributed by atoms with Crippen molar-refractivity contribution in [3.05, 3.63) is 15.0 Å². The largest absolute Gasteiger partial charge is 0.444 e. The Balaban J connectivity index is 2.00. The summed E-state index contributed by atoms with van der Waals surface area (Å²) in [6.07, 6.45) is 0.685. The summed E-state index contributed by atoms with van der Waals surface area (Å²) in [6, 6.07) is 0. The van der Waals surface area contributed by atoms with Crippen molar-refractivity contribution in [3.8, 4) is 0 Å². The summed E-state index contributed by atoms with van der Waals surface area (Å²) in [5.74, 6) is 0.729. The predicted molar refractivity (Wildman–Crippen MR) is 86.2 cm³/mol. The van der Waals surface area contributed by atoms with Gasteiger partial charge < -0.3 is 9.64 Å². The number of hydrogen-bond acceptors (Lipinski definition) is 4. The number of likely N-dealkylation sites (tertiary alicyclic amines) is 1. The third kappa shape index (κ3) is 4.10. The highest BCUT2D eigenvalue weighted by Gasteiger charge is 2.33. The fourth-order valence-corrected chi connectivity index (χ4v) is 3.90. The van der Waals surface area contributed by atoms with Crippen molar-refractivity contribution in [1.82, 2.24) is 9.88 Å². The number of aryl methyl sites for hydroxylation is 1. The van der Waals surface area contributed by atoms with Crippen LogP contribution in [0.3, 0.4) is 0 Å². The van der Waals surface area contributed by atoms with Crippen LogP contribution in [0, 0.1) is 12.8 Å². The van der Waals surface area contributed by atoms with Gasteiger partial charge >= 0.3 is 6.09 Å². The second-order valence-electron chi connectivity index (χ2n) is 6.70. The van der Waals surface area contributed by atoms with E-state index in [-0.39, 0.29) is 6.09 Å². The number of carbonyl (C=O) groups is 1. The van der Waals surface area contributed by atoms with E-state index in [4.69, 9.17) is 16.3 Å². The summed E-state index contributed by atoms with van der Waals surface area (Å²) in [6.45, 7) is 11.2. The number of nitrogens with zero attached hydrogens (tertiary/aromatic N) is 2. The van der Waals surface area contributed by atoms with Gasteiger partial charge in [-0.2, -0.15) is 0 Å². The Morgan fingerprint density at radius 2 is 2.14 bits per heavy atom. The number of rotatable bonds is 1. The number of ether oxygens (including phenoxy) is 1. The lowest BCUT2D eigenvalue weighted by molar-refractivity contribution is 0.0155. The molecule has 2 atom stereocenters. The number of halogens is 1. The average molecular weight is 331 g/mol. The molecule has 21 heavy (non-hydrogen) atoms. The van der Waals surface area contributed by atoms with E-state index >= 15 is 0 Å². The highest BCUT2D eigenvalue weighted by Crippen LogP contribution is 2.37. The fourth-order valence-electron chi connectivity index (χ4n) is 2.56. The van der Waals surface area contributed by atoms with Crippen LogP contribution in [0.15, 0.2) is 0 Å². The van der Waals surface area contributed by atoms with Crippen LogP contribution < -0.4 is 0 Å². The van der Waals surface area contributed by atoms with Crippen molar-refractivity contribution < 1.29 is 9.53 Å². The van der Waals surface area contributed by atoms with Crippen molar-refractivity contribution in [2.24, 2.45) is 5.92 Å². The molecule has 0 bridgehead atoms. The van der Waals surface area contributed by atoms with E-state index < -0.39 is 5.60 Å². The standard InChI is InChI=1S/C15H23ClN2O2S/c1-9-8-18(14(19)20-15(3,4)5)7-6-11(9)13-17-12(16)10(2)21-13/h9,11H,6-8H2,1-5H3. The lowest BCUT2D eigenvalue weighted by Crippen LogP contribution is -2.44.